The summed E-state index contributed by atoms with van der Waals surface area (Å²) in [4.78, 5) is 4.66. The molecular weight excluding hydrogens is 204 g/mol. The van der Waals surface area contributed by atoms with Gasteiger partial charge in [-0.15, -0.1) is 0 Å². The molecule has 0 aliphatic carbocycles. The minimum atomic E-state index is 0.686. The lowest BCUT2D eigenvalue weighted by Gasteiger charge is -2.24. The van der Waals surface area contributed by atoms with Gasteiger partial charge in [-0.3, -0.25) is 0 Å². The second-order valence-corrected chi connectivity index (χ2v) is 5.88. The SMILES string of the molecule is c1nc(C2CCCCS2)n2c1CCCC2. The molecule has 2 nitrogen and oxygen atoms in total. The van der Waals surface area contributed by atoms with Crippen LogP contribution in [0.5, 0.6) is 0 Å². The molecule has 82 valence electrons. The second-order valence-electron chi connectivity index (χ2n) is 4.57. The Hall–Kier alpha value is -0.440. The molecular formula is C12H18N2S. The van der Waals surface area contributed by atoms with E-state index in [1.165, 1.54) is 62.3 Å². The highest BCUT2D eigenvalue weighted by Gasteiger charge is 2.23. The summed E-state index contributed by atoms with van der Waals surface area (Å²) in [7, 11) is 0. The number of aromatic nitrogens is 2. The molecule has 3 rings (SSSR count). The van der Waals surface area contributed by atoms with Crippen LogP contribution in [0.15, 0.2) is 6.20 Å². The summed E-state index contributed by atoms with van der Waals surface area (Å²) in [6.45, 7) is 1.21. The largest absolute Gasteiger partial charge is 0.331 e. The third-order valence-corrected chi connectivity index (χ3v) is 4.87. The average molecular weight is 222 g/mol. The van der Waals surface area contributed by atoms with E-state index in [0.717, 1.165) is 0 Å². The van der Waals surface area contributed by atoms with Crippen molar-refractivity contribution in [1.29, 1.82) is 0 Å². The van der Waals surface area contributed by atoms with Crippen LogP contribution in [0.4, 0.5) is 0 Å². The minimum Gasteiger partial charge on any atom is -0.331 e. The molecule has 15 heavy (non-hydrogen) atoms. The first-order valence-corrected chi connectivity index (χ1v) is 7.16. The van der Waals surface area contributed by atoms with Crippen LogP contribution in [-0.4, -0.2) is 15.3 Å². The summed E-state index contributed by atoms with van der Waals surface area (Å²) < 4.78 is 2.49. The zero-order valence-corrected chi connectivity index (χ0v) is 9.93. The van der Waals surface area contributed by atoms with Crippen LogP contribution in [0.2, 0.25) is 0 Å². The van der Waals surface area contributed by atoms with E-state index >= 15 is 0 Å². The topological polar surface area (TPSA) is 17.8 Å². The molecule has 1 atom stereocenters. The zero-order valence-electron chi connectivity index (χ0n) is 9.11. The van der Waals surface area contributed by atoms with Gasteiger partial charge in [0.2, 0.25) is 0 Å². The summed E-state index contributed by atoms with van der Waals surface area (Å²) >= 11 is 2.11. The van der Waals surface area contributed by atoms with Crippen LogP contribution in [0, 0.1) is 0 Å². The maximum absolute atomic E-state index is 4.66. The average Bonchev–Trinajstić information content (AvgIpc) is 2.74. The Morgan fingerprint density at radius 1 is 1.27 bits per heavy atom. The van der Waals surface area contributed by atoms with Gasteiger partial charge in [-0.2, -0.15) is 11.8 Å². The second kappa shape index (κ2) is 4.20. The fourth-order valence-corrected chi connectivity index (χ4v) is 3.99. The van der Waals surface area contributed by atoms with Gasteiger partial charge in [0.25, 0.3) is 0 Å². The van der Waals surface area contributed by atoms with Gasteiger partial charge >= 0.3 is 0 Å². The summed E-state index contributed by atoms with van der Waals surface area (Å²) in [5.74, 6) is 2.70. The van der Waals surface area contributed by atoms with Crippen molar-refractivity contribution in [1.82, 2.24) is 9.55 Å². The third-order valence-electron chi connectivity index (χ3n) is 3.50. The standard InChI is InChI=1S/C12H18N2S/c1-3-7-14-10(5-1)9-13-12(14)11-6-2-4-8-15-11/h9,11H,1-8H2. The highest BCUT2D eigenvalue weighted by molar-refractivity contribution is 7.99. The van der Waals surface area contributed by atoms with E-state index in [1.54, 1.807) is 0 Å². The van der Waals surface area contributed by atoms with Crippen molar-refractivity contribution < 1.29 is 0 Å². The van der Waals surface area contributed by atoms with Crippen molar-refractivity contribution in [2.75, 3.05) is 5.75 Å². The van der Waals surface area contributed by atoms with Gasteiger partial charge in [0.15, 0.2) is 0 Å². The summed E-state index contributed by atoms with van der Waals surface area (Å²) in [5, 5.41) is 0.686. The number of fused-ring (bicyclic) bond motifs is 1. The zero-order chi connectivity index (χ0) is 10.1. The Morgan fingerprint density at radius 3 is 3.13 bits per heavy atom. The van der Waals surface area contributed by atoms with Crippen molar-refractivity contribution >= 4 is 11.8 Å². The maximum Gasteiger partial charge on any atom is 0.122 e. The van der Waals surface area contributed by atoms with Crippen molar-refractivity contribution in [3.8, 4) is 0 Å². The normalized spacial score (nSPS) is 26.3. The Bertz CT molecular complexity index is 339. The van der Waals surface area contributed by atoms with Crippen LogP contribution in [0.1, 0.15) is 48.9 Å². The molecule has 1 saturated heterocycles. The number of imidazole rings is 1. The first-order valence-electron chi connectivity index (χ1n) is 6.11. The fourth-order valence-electron chi connectivity index (χ4n) is 2.66. The third kappa shape index (κ3) is 1.82. The molecule has 1 unspecified atom stereocenters. The van der Waals surface area contributed by atoms with Crippen molar-refractivity contribution in [3.05, 3.63) is 17.7 Å². The Balaban J connectivity index is 1.87. The van der Waals surface area contributed by atoms with E-state index in [2.05, 4.69) is 27.5 Å². The van der Waals surface area contributed by atoms with Crippen molar-refractivity contribution in [2.24, 2.45) is 0 Å². The predicted molar refractivity (Wildman–Crippen MR) is 64.2 cm³/mol. The summed E-state index contributed by atoms with van der Waals surface area (Å²) in [6, 6.07) is 0. The molecule has 0 radical (unpaired) electrons. The number of nitrogens with zero attached hydrogens (tertiary/aromatic N) is 2. The number of hydrogen-bond acceptors (Lipinski definition) is 2. The summed E-state index contributed by atoms with van der Waals surface area (Å²) in [6.07, 6.45) is 10.2. The molecule has 0 aromatic carbocycles. The molecule has 1 aromatic heterocycles. The van der Waals surface area contributed by atoms with Gasteiger partial charge in [-0.1, -0.05) is 6.42 Å². The molecule has 3 heterocycles. The molecule has 0 saturated carbocycles. The number of thioether (sulfide) groups is 1. The molecule has 0 bridgehead atoms. The van der Waals surface area contributed by atoms with Crippen LogP contribution in [-0.2, 0) is 13.0 Å². The van der Waals surface area contributed by atoms with Crippen LogP contribution in [0.3, 0.4) is 0 Å². The Kier molecular flexibility index (Phi) is 2.74. The molecule has 1 aromatic rings. The van der Waals surface area contributed by atoms with E-state index in [-0.39, 0.29) is 0 Å². The van der Waals surface area contributed by atoms with Gasteiger partial charge in [0.05, 0.1) is 5.25 Å². The first-order chi connectivity index (χ1) is 7.45. The molecule has 1 fully saturated rings. The fraction of sp³-hybridized carbons (Fsp3) is 0.750. The lowest BCUT2D eigenvalue weighted by molar-refractivity contribution is 0.504. The molecule has 2 aliphatic rings. The van der Waals surface area contributed by atoms with Gasteiger partial charge in [-0.05, 0) is 37.9 Å². The molecule has 3 heteroatoms. The van der Waals surface area contributed by atoms with Crippen LogP contribution >= 0.6 is 11.8 Å². The van der Waals surface area contributed by atoms with E-state index in [9.17, 15) is 0 Å². The van der Waals surface area contributed by atoms with Gasteiger partial charge in [0.1, 0.15) is 5.82 Å². The van der Waals surface area contributed by atoms with E-state index in [0.29, 0.717) is 5.25 Å². The number of aryl methyl sites for hydroxylation is 1. The van der Waals surface area contributed by atoms with Crippen LogP contribution in [0.25, 0.3) is 0 Å². The molecule has 2 aliphatic heterocycles. The summed E-state index contributed by atoms with van der Waals surface area (Å²) in [5.41, 5.74) is 1.47. The minimum absolute atomic E-state index is 0.686. The van der Waals surface area contributed by atoms with Crippen molar-refractivity contribution in [3.63, 3.8) is 0 Å². The first kappa shape index (κ1) is 9.76. The quantitative estimate of drug-likeness (QED) is 0.726. The molecule has 0 N–H and O–H groups in total. The monoisotopic (exact) mass is 222 g/mol. The van der Waals surface area contributed by atoms with Gasteiger partial charge in [0, 0.05) is 18.4 Å². The van der Waals surface area contributed by atoms with Gasteiger partial charge < -0.3 is 4.57 Å². The predicted octanol–water partition coefficient (Wildman–Crippen LogP) is 3.18. The smallest absolute Gasteiger partial charge is 0.122 e. The van der Waals surface area contributed by atoms with Gasteiger partial charge in [-0.25, -0.2) is 4.98 Å². The van der Waals surface area contributed by atoms with Crippen LogP contribution < -0.4 is 0 Å². The molecule has 0 spiro atoms. The Morgan fingerprint density at radius 2 is 2.27 bits per heavy atom. The van der Waals surface area contributed by atoms with E-state index < -0.39 is 0 Å². The highest BCUT2D eigenvalue weighted by atomic mass is 32.2. The number of rotatable bonds is 1. The lowest BCUT2D eigenvalue weighted by atomic mass is 10.1. The highest BCUT2D eigenvalue weighted by Crippen LogP contribution is 2.38. The number of hydrogen-bond donors (Lipinski definition) is 0. The van der Waals surface area contributed by atoms with E-state index in [4.69, 9.17) is 0 Å². The Labute approximate surface area is 95.5 Å². The maximum atomic E-state index is 4.66. The molecule has 0 amide bonds. The van der Waals surface area contributed by atoms with E-state index in [1.807, 2.05) is 0 Å². The lowest BCUT2D eigenvalue weighted by Crippen LogP contribution is -2.15. The van der Waals surface area contributed by atoms with Crippen molar-refractivity contribution in [2.45, 2.75) is 50.3 Å².